The number of nitrogens with zero attached hydrogens (tertiary/aromatic N) is 3. The molecule has 0 aliphatic carbocycles. The first kappa shape index (κ1) is 21.6. The van der Waals surface area contributed by atoms with Crippen LogP contribution in [0.15, 0.2) is 53.4 Å². The van der Waals surface area contributed by atoms with Crippen molar-refractivity contribution in [3.05, 3.63) is 59.7 Å². The van der Waals surface area contributed by atoms with Crippen molar-refractivity contribution in [2.45, 2.75) is 18.0 Å². The lowest BCUT2D eigenvalue weighted by Crippen LogP contribution is -2.49. The molecule has 0 spiro atoms. The summed E-state index contributed by atoms with van der Waals surface area (Å²) in [7, 11) is -2.22. The van der Waals surface area contributed by atoms with Crippen molar-refractivity contribution in [2.75, 3.05) is 46.5 Å². The van der Waals surface area contributed by atoms with Crippen molar-refractivity contribution < 1.29 is 22.7 Å². The third-order valence-corrected chi connectivity index (χ3v) is 7.57. The topological polar surface area (TPSA) is 79.4 Å². The fourth-order valence-corrected chi connectivity index (χ4v) is 5.53. The normalized spacial score (nSPS) is 20.1. The van der Waals surface area contributed by atoms with Gasteiger partial charge in [-0.05, 0) is 36.8 Å². The number of urea groups is 1. The van der Waals surface area contributed by atoms with Gasteiger partial charge in [-0.15, -0.1) is 0 Å². The summed E-state index contributed by atoms with van der Waals surface area (Å²) in [6.45, 7) is 4.41. The van der Waals surface area contributed by atoms with Crippen LogP contribution in [0, 0.1) is 6.92 Å². The summed E-state index contributed by atoms with van der Waals surface area (Å²) in [6, 6.07) is 13.8. The number of methoxy groups -OCH3 is 1. The molecule has 2 aliphatic rings. The Balaban J connectivity index is 1.71. The summed E-state index contributed by atoms with van der Waals surface area (Å²) in [5.74, 6) is 0.667. The maximum atomic E-state index is 13.5. The molecule has 0 N–H and O–H groups in total. The first-order chi connectivity index (χ1) is 14.9. The Morgan fingerprint density at radius 1 is 0.968 bits per heavy atom. The van der Waals surface area contributed by atoms with E-state index < -0.39 is 16.2 Å². The molecular formula is C22H27N3O5S. The van der Waals surface area contributed by atoms with Crippen LogP contribution >= 0.6 is 0 Å². The summed E-state index contributed by atoms with van der Waals surface area (Å²) >= 11 is 0. The van der Waals surface area contributed by atoms with Crippen LogP contribution < -0.4 is 4.74 Å². The summed E-state index contributed by atoms with van der Waals surface area (Å²) in [5.41, 5.74) is 1.70. The van der Waals surface area contributed by atoms with E-state index in [0.29, 0.717) is 38.6 Å². The number of morpholine rings is 1. The van der Waals surface area contributed by atoms with Crippen LogP contribution in [-0.2, 0) is 14.8 Å². The highest BCUT2D eigenvalue weighted by molar-refractivity contribution is 7.89. The van der Waals surface area contributed by atoms with E-state index in [9.17, 15) is 13.2 Å². The molecule has 1 atom stereocenters. The van der Waals surface area contributed by atoms with Crippen LogP contribution in [0.2, 0.25) is 0 Å². The highest BCUT2D eigenvalue weighted by Crippen LogP contribution is 2.36. The number of carbonyl (C=O) groups excluding carboxylic acids is 1. The minimum atomic E-state index is -3.80. The van der Waals surface area contributed by atoms with Crippen molar-refractivity contribution in [1.29, 1.82) is 0 Å². The van der Waals surface area contributed by atoms with Gasteiger partial charge in [0.2, 0.25) is 10.0 Å². The van der Waals surface area contributed by atoms with Crippen molar-refractivity contribution in [3.63, 3.8) is 0 Å². The Labute approximate surface area is 183 Å². The summed E-state index contributed by atoms with van der Waals surface area (Å²) < 4.78 is 39.1. The molecule has 166 valence electrons. The number of benzene rings is 2. The van der Waals surface area contributed by atoms with Crippen LogP contribution in [-0.4, -0.2) is 75.1 Å². The molecule has 0 unspecified atom stereocenters. The van der Waals surface area contributed by atoms with Gasteiger partial charge in [0.15, 0.2) is 0 Å². The van der Waals surface area contributed by atoms with Gasteiger partial charge >= 0.3 is 6.03 Å². The number of aryl methyl sites for hydroxylation is 1. The Kier molecular flexibility index (Phi) is 6.17. The smallest absolute Gasteiger partial charge is 0.321 e. The van der Waals surface area contributed by atoms with Crippen LogP contribution in [0.4, 0.5) is 4.79 Å². The first-order valence-electron chi connectivity index (χ1n) is 10.3. The quantitative estimate of drug-likeness (QED) is 0.722. The van der Waals surface area contributed by atoms with Gasteiger partial charge < -0.3 is 19.3 Å². The van der Waals surface area contributed by atoms with Gasteiger partial charge in [-0.1, -0.05) is 29.8 Å². The third-order valence-electron chi connectivity index (χ3n) is 5.70. The predicted octanol–water partition coefficient (Wildman–Crippen LogP) is 2.46. The number of amides is 2. The van der Waals surface area contributed by atoms with Gasteiger partial charge in [-0.25, -0.2) is 13.2 Å². The zero-order chi connectivity index (χ0) is 22.0. The van der Waals surface area contributed by atoms with Gasteiger partial charge in [-0.3, -0.25) is 0 Å². The summed E-state index contributed by atoms with van der Waals surface area (Å²) in [6.07, 6.45) is -0.729. The number of hydrogen-bond acceptors (Lipinski definition) is 5. The van der Waals surface area contributed by atoms with Crippen LogP contribution in [0.5, 0.6) is 5.75 Å². The molecule has 8 nitrogen and oxygen atoms in total. The van der Waals surface area contributed by atoms with Crippen LogP contribution in [0.1, 0.15) is 17.3 Å². The van der Waals surface area contributed by atoms with E-state index >= 15 is 0 Å². The summed E-state index contributed by atoms with van der Waals surface area (Å²) in [4.78, 5) is 16.9. The number of ether oxygens (including phenoxy) is 2. The lowest BCUT2D eigenvalue weighted by atomic mass is 10.1. The van der Waals surface area contributed by atoms with Crippen LogP contribution in [0.25, 0.3) is 0 Å². The Bertz CT molecular complexity index is 1020. The van der Waals surface area contributed by atoms with E-state index in [1.807, 2.05) is 19.1 Å². The Morgan fingerprint density at radius 2 is 1.61 bits per heavy atom. The standard InChI is InChI=1S/C22H27N3O5S/c1-17-3-9-20(10-4-17)31(27,28)25-12-11-24(22(26)23-13-15-30-16-14-23)21(25)18-5-7-19(29-2)8-6-18/h3-10,21H,11-16H2,1-2H3/t21-/m0/s1. The average molecular weight is 446 g/mol. The molecule has 0 bridgehead atoms. The molecule has 4 rings (SSSR count). The van der Waals surface area contributed by atoms with Gasteiger partial charge in [0.05, 0.1) is 25.2 Å². The molecule has 9 heteroatoms. The Hall–Kier alpha value is -2.62. The number of carbonyl (C=O) groups is 1. The van der Waals surface area contributed by atoms with Crippen molar-refractivity contribution >= 4 is 16.1 Å². The SMILES string of the molecule is COc1ccc([C@H]2N(C(=O)N3CCOCC3)CCN2S(=O)(=O)c2ccc(C)cc2)cc1. The van der Waals surface area contributed by atoms with Crippen molar-refractivity contribution in [2.24, 2.45) is 0 Å². The monoisotopic (exact) mass is 445 g/mol. The second-order valence-electron chi connectivity index (χ2n) is 7.65. The molecule has 31 heavy (non-hydrogen) atoms. The molecule has 2 saturated heterocycles. The maximum Gasteiger partial charge on any atom is 0.321 e. The molecular weight excluding hydrogens is 418 g/mol. The largest absolute Gasteiger partial charge is 0.497 e. The van der Waals surface area contributed by atoms with Gasteiger partial charge in [0.25, 0.3) is 0 Å². The number of rotatable bonds is 4. The fraction of sp³-hybridized carbons (Fsp3) is 0.409. The van der Waals surface area contributed by atoms with E-state index in [1.54, 1.807) is 53.3 Å². The molecule has 0 radical (unpaired) electrons. The third kappa shape index (κ3) is 4.26. The minimum absolute atomic E-state index is 0.175. The van der Waals surface area contributed by atoms with Crippen LogP contribution in [0.3, 0.4) is 0 Å². The second kappa shape index (κ2) is 8.86. The Morgan fingerprint density at radius 3 is 2.23 bits per heavy atom. The zero-order valence-electron chi connectivity index (χ0n) is 17.7. The van der Waals surface area contributed by atoms with E-state index in [2.05, 4.69) is 0 Å². The van der Waals surface area contributed by atoms with E-state index in [4.69, 9.17) is 9.47 Å². The highest BCUT2D eigenvalue weighted by atomic mass is 32.2. The molecule has 2 aromatic rings. The second-order valence-corrected chi connectivity index (χ2v) is 9.54. The van der Waals surface area contributed by atoms with Crippen molar-refractivity contribution in [1.82, 2.24) is 14.1 Å². The lowest BCUT2D eigenvalue weighted by molar-refractivity contribution is 0.0400. The zero-order valence-corrected chi connectivity index (χ0v) is 18.5. The molecule has 2 heterocycles. The van der Waals surface area contributed by atoms with Gasteiger partial charge in [0.1, 0.15) is 11.9 Å². The minimum Gasteiger partial charge on any atom is -0.497 e. The molecule has 2 amide bonds. The van der Waals surface area contributed by atoms with E-state index in [1.165, 1.54) is 4.31 Å². The van der Waals surface area contributed by atoms with Gasteiger partial charge in [0, 0.05) is 26.2 Å². The molecule has 2 fully saturated rings. The lowest BCUT2D eigenvalue weighted by Gasteiger charge is -2.35. The molecule has 0 saturated carbocycles. The fourth-order valence-electron chi connectivity index (χ4n) is 3.96. The van der Waals surface area contributed by atoms with E-state index in [0.717, 1.165) is 11.1 Å². The summed E-state index contributed by atoms with van der Waals surface area (Å²) in [5, 5.41) is 0. The molecule has 0 aromatic heterocycles. The maximum absolute atomic E-state index is 13.5. The first-order valence-corrected chi connectivity index (χ1v) is 11.7. The number of hydrogen-bond donors (Lipinski definition) is 0. The highest BCUT2D eigenvalue weighted by Gasteiger charge is 2.44. The molecule has 2 aromatic carbocycles. The predicted molar refractivity (Wildman–Crippen MR) is 115 cm³/mol. The number of sulfonamides is 1. The van der Waals surface area contributed by atoms with Gasteiger partial charge in [-0.2, -0.15) is 4.31 Å². The van der Waals surface area contributed by atoms with E-state index in [-0.39, 0.29) is 17.5 Å². The molecule has 2 aliphatic heterocycles. The van der Waals surface area contributed by atoms with Crippen molar-refractivity contribution in [3.8, 4) is 5.75 Å². The average Bonchev–Trinajstić information content (AvgIpc) is 3.25.